The molecule has 1 fully saturated rings. The van der Waals surface area contributed by atoms with Gasteiger partial charge in [-0.2, -0.15) is 0 Å². The first-order valence-corrected chi connectivity index (χ1v) is 10.5. The smallest absolute Gasteiger partial charge is 0.193 e. The monoisotopic (exact) mass is 411 g/mol. The van der Waals surface area contributed by atoms with Crippen LogP contribution in [0.4, 0.5) is 0 Å². The SMILES string of the molecule is CN=C(NCc1ccc(COC2CCOCC2)cc1)N(C)Cc1ccc(OC)cc1. The lowest BCUT2D eigenvalue weighted by Gasteiger charge is -2.23. The number of nitrogens with one attached hydrogen (secondary N) is 1. The second-order valence-electron chi connectivity index (χ2n) is 7.54. The number of hydrogen-bond donors (Lipinski definition) is 1. The van der Waals surface area contributed by atoms with Gasteiger partial charge in [-0.05, 0) is 41.7 Å². The quantitative estimate of drug-likeness (QED) is 0.531. The maximum atomic E-state index is 6.00. The van der Waals surface area contributed by atoms with E-state index in [-0.39, 0.29) is 0 Å². The van der Waals surface area contributed by atoms with Crippen LogP contribution in [0.3, 0.4) is 0 Å². The van der Waals surface area contributed by atoms with Gasteiger partial charge in [-0.1, -0.05) is 36.4 Å². The molecule has 0 radical (unpaired) electrons. The Labute approximate surface area is 179 Å². The van der Waals surface area contributed by atoms with E-state index >= 15 is 0 Å². The molecule has 2 aromatic rings. The Balaban J connectivity index is 1.45. The summed E-state index contributed by atoms with van der Waals surface area (Å²) < 4.78 is 16.6. The van der Waals surface area contributed by atoms with Gasteiger partial charge in [-0.3, -0.25) is 4.99 Å². The fourth-order valence-corrected chi connectivity index (χ4v) is 3.46. The number of benzene rings is 2. The number of rotatable bonds is 8. The highest BCUT2D eigenvalue weighted by atomic mass is 16.5. The number of aliphatic imine (C=N–C) groups is 1. The van der Waals surface area contributed by atoms with Gasteiger partial charge in [0.1, 0.15) is 5.75 Å². The topological polar surface area (TPSA) is 55.3 Å². The standard InChI is InChI=1S/C24H33N3O3/c1-25-24(27(2)17-20-8-10-22(28-3)11-9-20)26-16-19-4-6-21(7-5-19)18-30-23-12-14-29-15-13-23/h4-11,23H,12-18H2,1-3H3,(H,25,26). The number of guanidine groups is 1. The minimum absolute atomic E-state index is 0.324. The Morgan fingerprint density at radius 3 is 2.30 bits per heavy atom. The summed E-state index contributed by atoms with van der Waals surface area (Å²) in [4.78, 5) is 6.52. The molecule has 1 heterocycles. The van der Waals surface area contributed by atoms with Crippen molar-refractivity contribution in [3.05, 3.63) is 65.2 Å². The fraction of sp³-hybridized carbons (Fsp3) is 0.458. The highest BCUT2D eigenvalue weighted by Gasteiger charge is 2.14. The average Bonchev–Trinajstić information content (AvgIpc) is 2.80. The molecular formula is C24H33N3O3. The Morgan fingerprint density at radius 2 is 1.67 bits per heavy atom. The van der Waals surface area contributed by atoms with Crippen molar-refractivity contribution in [3.63, 3.8) is 0 Å². The first-order valence-electron chi connectivity index (χ1n) is 10.5. The molecule has 0 amide bonds. The normalized spacial score (nSPS) is 15.1. The van der Waals surface area contributed by atoms with Crippen molar-refractivity contribution in [2.45, 2.75) is 38.6 Å². The molecule has 2 aromatic carbocycles. The van der Waals surface area contributed by atoms with Gasteiger partial charge in [0.25, 0.3) is 0 Å². The van der Waals surface area contributed by atoms with Crippen LogP contribution < -0.4 is 10.1 Å². The van der Waals surface area contributed by atoms with Crippen LogP contribution in [0, 0.1) is 0 Å². The summed E-state index contributed by atoms with van der Waals surface area (Å²) in [5, 5.41) is 3.44. The first kappa shape index (κ1) is 22.1. The van der Waals surface area contributed by atoms with E-state index in [4.69, 9.17) is 14.2 Å². The third kappa shape index (κ3) is 6.75. The molecule has 1 aliphatic heterocycles. The molecule has 0 unspecified atom stereocenters. The third-order valence-corrected chi connectivity index (χ3v) is 5.28. The number of hydrogen-bond acceptors (Lipinski definition) is 4. The maximum Gasteiger partial charge on any atom is 0.193 e. The van der Waals surface area contributed by atoms with Crippen molar-refractivity contribution < 1.29 is 14.2 Å². The molecule has 0 aromatic heterocycles. The van der Waals surface area contributed by atoms with Crippen LogP contribution in [0.25, 0.3) is 0 Å². The van der Waals surface area contributed by atoms with Crippen molar-refractivity contribution in [2.24, 2.45) is 4.99 Å². The number of nitrogens with zero attached hydrogens (tertiary/aromatic N) is 2. The van der Waals surface area contributed by atoms with Crippen molar-refractivity contribution in [1.29, 1.82) is 0 Å². The van der Waals surface area contributed by atoms with Crippen LogP contribution >= 0.6 is 0 Å². The van der Waals surface area contributed by atoms with E-state index in [0.29, 0.717) is 12.7 Å². The van der Waals surface area contributed by atoms with E-state index in [1.807, 2.05) is 26.2 Å². The summed E-state index contributed by atoms with van der Waals surface area (Å²) in [5.74, 6) is 1.73. The predicted molar refractivity (Wildman–Crippen MR) is 120 cm³/mol. The molecule has 30 heavy (non-hydrogen) atoms. The van der Waals surface area contributed by atoms with Crippen molar-refractivity contribution >= 4 is 5.96 Å². The van der Waals surface area contributed by atoms with E-state index in [1.54, 1.807) is 7.11 Å². The van der Waals surface area contributed by atoms with Gasteiger partial charge < -0.3 is 24.4 Å². The van der Waals surface area contributed by atoms with E-state index in [0.717, 1.165) is 50.9 Å². The molecule has 0 saturated carbocycles. The van der Waals surface area contributed by atoms with Crippen LogP contribution in [-0.2, 0) is 29.2 Å². The summed E-state index contributed by atoms with van der Waals surface area (Å²) in [7, 11) is 5.53. The molecule has 6 heteroatoms. The largest absolute Gasteiger partial charge is 0.497 e. The molecule has 0 aliphatic carbocycles. The second-order valence-corrected chi connectivity index (χ2v) is 7.54. The van der Waals surface area contributed by atoms with Gasteiger partial charge >= 0.3 is 0 Å². The van der Waals surface area contributed by atoms with Gasteiger partial charge in [0.15, 0.2) is 5.96 Å². The van der Waals surface area contributed by atoms with Gasteiger partial charge in [-0.25, -0.2) is 0 Å². The first-order chi connectivity index (χ1) is 14.7. The van der Waals surface area contributed by atoms with Crippen LogP contribution in [0.1, 0.15) is 29.5 Å². The van der Waals surface area contributed by atoms with Gasteiger partial charge in [0.2, 0.25) is 0 Å². The Kier molecular flexibility index (Phi) is 8.53. The van der Waals surface area contributed by atoms with Crippen molar-refractivity contribution in [3.8, 4) is 5.75 Å². The van der Waals surface area contributed by atoms with Gasteiger partial charge in [-0.15, -0.1) is 0 Å². The van der Waals surface area contributed by atoms with Crippen LogP contribution in [-0.4, -0.2) is 51.4 Å². The number of ether oxygens (including phenoxy) is 3. The predicted octanol–water partition coefficient (Wildman–Crippen LogP) is 3.60. The lowest BCUT2D eigenvalue weighted by molar-refractivity contribution is -0.0390. The highest BCUT2D eigenvalue weighted by Crippen LogP contribution is 2.15. The molecule has 1 saturated heterocycles. The van der Waals surface area contributed by atoms with Crippen molar-refractivity contribution in [1.82, 2.24) is 10.2 Å². The molecule has 0 spiro atoms. The summed E-state index contributed by atoms with van der Waals surface area (Å²) in [6.07, 6.45) is 2.31. The fourth-order valence-electron chi connectivity index (χ4n) is 3.46. The maximum absolute atomic E-state index is 6.00. The zero-order valence-electron chi connectivity index (χ0n) is 18.3. The van der Waals surface area contributed by atoms with E-state index < -0.39 is 0 Å². The molecule has 3 rings (SSSR count). The van der Waals surface area contributed by atoms with Gasteiger partial charge in [0.05, 0.1) is 19.8 Å². The Bertz CT molecular complexity index is 784. The van der Waals surface area contributed by atoms with E-state index in [1.165, 1.54) is 16.7 Å². The molecule has 0 atom stereocenters. The van der Waals surface area contributed by atoms with Gasteiger partial charge in [0, 0.05) is 40.4 Å². The lowest BCUT2D eigenvalue weighted by atomic mass is 10.1. The van der Waals surface area contributed by atoms with Crippen LogP contribution in [0.2, 0.25) is 0 Å². The summed E-state index contributed by atoms with van der Waals surface area (Å²) in [6, 6.07) is 16.7. The molecular weight excluding hydrogens is 378 g/mol. The van der Waals surface area contributed by atoms with Crippen LogP contribution in [0.15, 0.2) is 53.5 Å². The zero-order valence-corrected chi connectivity index (χ0v) is 18.3. The highest BCUT2D eigenvalue weighted by molar-refractivity contribution is 5.79. The molecule has 6 nitrogen and oxygen atoms in total. The Hall–Kier alpha value is -2.57. The summed E-state index contributed by atoms with van der Waals surface area (Å²) >= 11 is 0. The third-order valence-electron chi connectivity index (χ3n) is 5.28. The number of methoxy groups -OCH3 is 1. The van der Waals surface area contributed by atoms with Crippen molar-refractivity contribution in [2.75, 3.05) is 34.4 Å². The molecule has 1 aliphatic rings. The average molecular weight is 412 g/mol. The minimum atomic E-state index is 0.324. The molecule has 0 bridgehead atoms. The minimum Gasteiger partial charge on any atom is -0.497 e. The zero-order chi connectivity index (χ0) is 21.2. The lowest BCUT2D eigenvalue weighted by Crippen LogP contribution is -2.38. The van der Waals surface area contributed by atoms with E-state index in [9.17, 15) is 0 Å². The summed E-state index contributed by atoms with van der Waals surface area (Å²) in [6.45, 7) is 3.77. The second kappa shape index (κ2) is 11.6. The summed E-state index contributed by atoms with van der Waals surface area (Å²) in [5.41, 5.74) is 3.62. The van der Waals surface area contributed by atoms with E-state index in [2.05, 4.69) is 51.6 Å². The molecule has 1 N–H and O–H groups in total. The Morgan fingerprint density at radius 1 is 1.03 bits per heavy atom. The van der Waals surface area contributed by atoms with Crippen LogP contribution in [0.5, 0.6) is 5.75 Å². The molecule has 162 valence electrons.